The molecule has 0 aromatic carbocycles. The Morgan fingerprint density at radius 3 is 2.24 bits per heavy atom. The minimum absolute atomic E-state index is 0.0824. The average Bonchev–Trinajstić information content (AvgIpc) is 2.13. The van der Waals surface area contributed by atoms with Gasteiger partial charge in [-0.15, -0.1) is 0 Å². The number of carbonyl (C=O) groups is 1. The Balaban J connectivity index is 4.44. The third kappa shape index (κ3) is 6.51. The Morgan fingerprint density at radius 1 is 1.35 bits per heavy atom. The molecule has 2 atom stereocenters. The Kier molecular flexibility index (Phi) is 5.95. The van der Waals surface area contributed by atoms with Crippen molar-refractivity contribution in [3.05, 3.63) is 0 Å². The zero-order valence-corrected chi connectivity index (χ0v) is 10.2. The molecular formula is C11H20F3NO2. The van der Waals surface area contributed by atoms with E-state index in [2.05, 4.69) is 0 Å². The summed E-state index contributed by atoms with van der Waals surface area (Å²) in [7, 11) is 0. The second kappa shape index (κ2) is 6.23. The fraction of sp³-hybridized carbons (Fsp3) is 0.909. The molecule has 0 aliphatic rings. The fourth-order valence-electron chi connectivity index (χ4n) is 1.94. The molecule has 102 valence electrons. The van der Waals surface area contributed by atoms with E-state index in [-0.39, 0.29) is 19.3 Å². The molecule has 0 aliphatic carbocycles. The number of hydrogen-bond acceptors (Lipinski definition) is 2. The van der Waals surface area contributed by atoms with Gasteiger partial charge < -0.3 is 10.8 Å². The molecule has 6 heteroatoms. The van der Waals surface area contributed by atoms with Crippen LogP contribution >= 0.6 is 0 Å². The summed E-state index contributed by atoms with van der Waals surface area (Å²) < 4.78 is 36.1. The van der Waals surface area contributed by atoms with E-state index < -0.39 is 30.0 Å². The summed E-state index contributed by atoms with van der Waals surface area (Å²) in [4.78, 5) is 10.7. The number of rotatable bonds is 7. The van der Waals surface area contributed by atoms with Crippen LogP contribution < -0.4 is 5.73 Å². The third-order valence-electron chi connectivity index (χ3n) is 3.10. The monoisotopic (exact) mass is 255 g/mol. The van der Waals surface area contributed by atoms with Crippen LogP contribution in [-0.2, 0) is 4.79 Å². The number of nitrogens with two attached hydrogens (primary N) is 1. The van der Waals surface area contributed by atoms with Gasteiger partial charge in [0.25, 0.3) is 0 Å². The first-order chi connectivity index (χ1) is 7.60. The molecule has 0 saturated carbocycles. The highest BCUT2D eigenvalue weighted by molar-refractivity contribution is 5.67. The molecule has 0 rings (SSSR count). The van der Waals surface area contributed by atoms with Gasteiger partial charge in [-0.05, 0) is 24.7 Å². The van der Waals surface area contributed by atoms with Crippen LogP contribution in [0.2, 0.25) is 0 Å². The molecule has 0 saturated heterocycles. The van der Waals surface area contributed by atoms with Gasteiger partial charge in [0, 0.05) is 12.5 Å². The van der Waals surface area contributed by atoms with E-state index in [1.807, 2.05) is 0 Å². The second-order valence-corrected chi connectivity index (χ2v) is 4.71. The molecule has 0 heterocycles. The molecule has 0 spiro atoms. The molecule has 0 amide bonds. The van der Waals surface area contributed by atoms with E-state index in [1.165, 1.54) is 0 Å². The number of hydrogen-bond donors (Lipinski definition) is 2. The lowest BCUT2D eigenvalue weighted by Gasteiger charge is -2.34. The normalized spacial score (nSPS) is 17.5. The SMILES string of the molecule is CCC(N)C(C)(CCCC(F)(F)F)CC(=O)O. The molecule has 0 aliphatic heterocycles. The molecule has 0 aromatic rings. The third-order valence-corrected chi connectivity index (χ3v) is 3.10. The van der Waals surface area contributed by atoms with Crippen LogP contribution in [0.1, 0.15) is 46.0 Å². The Morgan fingerprint density at radius 2 is 1.88 bits per heavy atom. The van der Waals surface area contributed by atoms with Crippen LogP contribution in [0.25, 0.3) is 0 Å². The van der Waals surface area contributed by atoms with Crippen LogP contribution in [0.4, 0.5) is 13.2 Å². The van der Waals surface area contributed by atoms with E-state index in [9.17, 15) is 18.0 Å². The van der Waals surface area contributed by atoms with Gasteiger partial charge >= 0.3 is 12.1 Å². The van der Waals surface area contributed by atoms with Gasteiger partial charge in [0.05, 0.1) is 6.42 Å². The van der Waals surface area contributed by atoms with Crippen molar-refractivity contribution in [2.24, 2.45) is 11.1 Å². The van der Waals surface area contributed by atoms with Crippen LogP contribution in [0.3, 0.4) is 0 Å². The van der Waals surface area contributed by atoms with Crippen molar-refractivity contribution >= 4 is 5.97 Å². The Labute approximate surface area is 99.2 Å². The number of carboxylic acid groups (broad SMARTS) is 1. The van der Waals surface area contributed by atoms with Gasteiger partial charge in [-0.3, -0.25) is 4.79 Å². The number of alkyl halides is 3. The maximum Gasteiger partial charge on any atom is 0.389 e. The molecule has 0 aromatic heterocycles. The van der Waals surface area contributed by atoms with Gasteiger partial charge in [-0.1, -0.05) is 13.8 Å². The molecule has 0 fully saturated rings. The Bertz CT molecular complexity index is 256. The number of aliphatic carboxylic acids is 1. The van der Waals surface area contributed by atoms with E-state index in [0.29, 0.717) is 6.42 Å². The first kappa shape index (κ1) is 16.2. The first-order valence-electron chi connectivity index (χ1n) is 5.65. The predicted octanol–water partition coefficient (Wildman–Crippen LogP) is 2.94. The topological polar surface area (TPSA) is 63.3 Å². The quantitative estimate of drug-likeness (QED) is 0.735. The van der Waals surface area contributed by atoms with Crippen LogP contribution in [-0.4, -0.2) is 23.3 Å². The van der Waals surface area contributed by atoms with Gasteiger partial charge in [0.15, 0.2) is 0 Å². The van der Waals surface area contributed by atoms with Crippen LogP contribution in [0.5, 0.6) is 0 Å². The summed E-state index contributed by atoms with van der Waals surface area (Å²) in [6.45, 7) is 3.44. The maximum atomic E-state index is 12.0. The first-order valence-corrected chi connectivity index (χ1v) is 5.65. The van der Waals surface area contributed by atoms with Gasteiger partial charge in [-0.2, -0.15) is 13.2 Å². The molecule has 2 unspecified atom stereocenters. The maximum absolute atomic E-state index is 12.0. The molecule has 3 N–H and O–H groups in total. The van der Waals surface area contributed by atoms with E-state index >= 15 is 0 Å². The summed E-state index contributed by atoms with van der Waals surface area (Å²) in [6.07, 6.45) is -4.64. The molecular weight excluding hydrogens is 235 g/mol. The van der Waals surface area contributed by atoms with E-state index in [4.69, 9.17) is 10.8 Å². The summed E-state index contributed by atoms with van der Waals surface area (Å²) in [5, 5.41) is 8.77. The summed E-state index contributed by atoms with van der Waals surface area (Å²) in [5.41, 5.74) is 5.03. The van der Waals surface area contributed by atoms with E-state index in [0.717, 1.165) is 0 Å². The summed E-state index contributed by atoms with van der Waals surface area (Å²) in [6, 6.07) is -0.396. The highest BCUT2D eigenvalue weighted by Gasteiger charge is 2.35. The summed E-state index contributed by atoms with van der Waals surface area (Å²) >= 11 is 0. The van der Waals surface area contributed by atoms with Gasteiger partial charge in [0.2, 0.25) is 0 Å². The second-order valence-electron chi connectivity index (χ2n) is 4.71. The van der Waals surface area contributed by atoms with Crippen molar-refractivity contribution in [3.8, 4) is 0 Å². The molecule has 3 nitrogen and oxygen atoms in total. The van der Waals surface area contributed by atoms with Crippen molar-refractivity contribution in [2.45, 2.75) is 58.2 Å². The molecule has 0 radical (unpaired) electrons. The lowest BCUT2D eigenvalue weighted by molar-refractivity contribution is -0.141. The van der Waals surface area contributed by atoms with E-state index in [1.54, 1.807) is 13.8 Å². The minimum atomic E-state index is -4.19. The number of halogens is 3. The Hall–Kier alpha value is -0.780. The zero-order valence-electron chi connectivity index (χ0n) is 10.2. The highest BCUT2D eigenvalue weighted by Crippen LogP contribution is 2.35. The highest BCUT2D eigenvalue weighted by atomic mass is 19.4. The zero-order chi connectivity index (χ0) is 13.7. The van der Waals surface area contributed by atoms with Crippen molar-refractivity contribution in [1.29, 1.82) is 0 Å². The lowest BCUT2D eigenvalue weighted by Crippen LogP contribution is -2.40. The fourth-order valence-corrected chi connectivity index (χ4v) is 1.94. The lowest BCUT2D eigenvalue weighted by atomic mass is 9.74. The largest absolute Gasteiger partial charge is 0.481 e. The van der Waals surface area contributed by atoms with Crippen LogP contribution in [0.15, 0.2) is 0 Å². The van der Waals surface area contributed by atoms with Gasteiger partial charge in [0.1, 0.15) is 0 Å². The van der Waals surface area contributed by atoms with Crippen molar-refractivity contribution in [1.82, 2.24) is 0 Å². The molecule has 17 heavy (non-hydrogen) atoms. The minimum Gasteiger partial charge on any atom is -0.481 e. The van der Waals surface area contributed by atoms with Crippen molar-refractivity contribution < 1.29 is 23.1 Å². The van der Waals surface area contributed by atoms with Gasteiger partial charge in [-0.25, -0.2) is 0 Å². The number of carboxylic acids is 1. The smallest absolute Gasteiger partial charge is 0.389 e. The standard InChI is InChI=1S/C11H20F3NO2/c1-3-8(15)10(2,7-9(16)17)5-4-6-11(12,13)14/h8H,3-7,15H2,1-2H3,(H,16,17). The van der Waals surface area contributed by atoms with Crippen LogP contribution in [0, 0.1) is 5.41 Å². The predicted molar refractivity (Wildman–Crippen MR) is 58.5 cm³/mol. The van der Waals surface area contributed by atoms with Crippen molar-refractivity contribution in [2.75, 3.05) is 0 Å². The summed E-state index contributed by atoms with van der Waals surface area (Å²) in [5.74, 6) is -1.02. The average molecular weight is 255 g/mol. The van der Waals surface area contributed by atoms with Crippen molar-refractivity contribution in [3.63, 3.8) is 0 Å². The molecule has 0 bridgehead atoms.